The Morgan fingerprint density at radius 2 is 0.603 bits per heavy atom. The molecule has 63 heavy (non-hydrogen) atoms. The molecule has 3 aliphatic rings. The van der Waals surface area contributed by atoms with E-state index in [2.05, 4.69) is 256 Å². The van der Waals surface area contributed by atoms with Gasteiger partial charge >= 0.3 is 0 Å². The molecule has 0 saturated heterocycles. The number of para-hydroxylation sites is 4. The predicted molar refractivity (Wildman–Crippen MR) is 271 cm³/mol. The molecule has 8 aromatic carbocycles. The van der Waals surface area contributed by atoms with Crippen molar-refractivity contribution in [3.05, 3.63) is 203 Å². The first kappa shape index (κ1) is 38.4. The minimum atomic E-state index is -0.110. The van der Waals surface area contributed by atoms with Crippen molar-refractivity contribution >= 4 is 69.8 Å². The Hall–Kier alpha value is -7.56. The van der Waals surface area contributed by atoms with Crippen molar-refractivity contribution in [1.29, 1.82) is 0 Å². The highest BCUT2D eigenvalue weighted by atomic mass is 15.2. The summed E-state index contributed by atoms with van der Waals surface area (Å²) in [6.45, 7) is 4.72. The monoisotopic (exact) mass is 814 g/mol. The summed E-state index contributed by atoms with van der Waals surface area (Å²) in [5, 5.41) is 0. The van der Waals surface area contributed by atoms with Crippen LogP contribution in [-0.4, -0.2) is 28.2 Å². The minimum Gasteiger partial charge on any atom is -0.341 e. The number of hydrogen-bond donors (Lipinski definition) is 0. The van der Waals surface area contributed by atoms with Crippen LogP contribution in [0, 0.1) is 0 Å². The molecule has 0 bridgehead atoms. The number of anilines is 8. The van der Waals surface area contributed by atoms with E-state index in [0.717, 1.165) is 0 Å². The second-order valence-corrected chi connectivity index (χ2v) is 17.8. The third kappa shape index (κ3) is 6.44. The number of benzene rings is 8. The zero-order valence-corrected chi connectivity index (χ0v) is 36.8. The van der Waals surface area contributed by atoms with Crippen LogP contribution in [0.4, 0.5) is 45.5 Å². The lowest BCUT2D eigenvalue weighted by Crippen LogP contribution is -2.24. The normalized spacial score (nSPS) is 14.4. The maximum atomic E-state index is 2.38. The molecule has 0 saturated carbocycles. The molecule has 1 aliphatic carbocycles. The van der Waals surface area contributed by atoms with Gasteiger partial charge < -0.3 is 19.6 Å². The molecule has 11 rings (SSSR count). The Balaban J connectivity index is 0.773. The van der Waals surface area contributed by atoms with E-state index < -0.39 is 0 Å². The molecular weight excluding hydrogens is 765 g/mol. The SMILES string of the molecule is CN1c2ccccc2N(C)c2cc(-c3ccc(/C=C/c4ccc5c(c4)C(C)(C)c4cc(/C=C/c6ccc(-c7ccc8c(c7)N(C)c7ccccc7N8C)cc6)ccc4-5)cc3)ccc21. The van der Waals surface area contributed by atoms with E-state index in [1.54, 1.807) is 0 Å². The van der Waals surface area contributed by atoms with E-state index in [0.29, 0.717) is 0 Å². The lowest BCUT2D eigenvalue weighted by atomic mass is 9.81. The molecule has 0 aromatic heterocycles. The summed E-state index contributed by atoms with van der Waals surface area (Å²) in [5.41, 5.74) is 24.7. The lowest BCUT2D eigenvalue weighted by molar-refractivity contribution is 0.660. The van der Waals surface area contributed by atoms with Gasteiger partial charge in [-0.1, -0.05) is 159 Å². The van der Waals surface area contributed by atoms with Crippen LogP contribution in [0.1, 0.15) is 47.2 Å². The molecule has 4 nitrogen and oxygen atoms in total. The highest BCUT2D eigenvalue weighted by Gasteiger charge is 2.35. The van der Waals surface area contributed by atoms with Gasteiger partial charge in [0.05, 0.1) is 45.5 Å². The topological polar surface area (TPSA) is 13.0 Å². The quantitative estimate of drug-likeness (QED) is 0.155. The number of hydrogen-bond acceptors (Lipinski definition) is 4. The number of fused-ring (bicyclic) bond motifs is 7. The van der Waals surface area contributed by atoms with Crippen LogP contribution in [0.3, 0.4) is 0 Å². The minimum absolute atomic E-state index is 0.110. The largest absolute Gasteiger partial charge is 0.341 e. The van der Waals surface area contributed by atoms with E-state index >= 15 is 0 Å². The van der Waals surface area contributed by atoms with Crippen molar-refractivity contribution in [2.75, 3.05) is 47.8 Å². The molecule has 0 radical (unpaired) electrons. The van der Waals surface area contributed by atoms with E-state index in [4.69, 9.17) is 0 Å². The molecule has 0 fully saturated rings. The van der Waals surface area contributed by atoms with Crippen molar-refractivity contribution in [2.45, 2.75) is 19.3 Å². The van der Waals surface area contributed by atoms with E-state index in [9.17, 15) is 0 Å². The summed E-state index contributed by atoms with van der Waals surface area (Å²) >= 11 is 0. The molecule has 0 unspecified atom stereocenters. The van der Waals surface area contributed by atoms with Gasteiger partial charge in [-0.15, -0.1) is 0 Å². The van der Waals surface area contributed by atoms with Crippen molar-refractivity contribution < 1.29 is 0 Å². The second kappa shape index (κ2) is 14.8. The molecule has 0 amide bonds. The maximum absolute atomic E-state index is 2.38. The summed E-state index contributed by atoms with van der Waals surface area (Å²) in [6.07, 6.45) is 8.95. The Bertz CT molecular complexity index is 2940. The van der Waals surface area contributed by atoms with Crippen molar-refractivity contribution in [2.24, 2.45) is 0 Å². The fraction of sp³-hybridized carbons (Fsp3) is 0.119. The van der Waals surface area contributed by atoms with Gasteiger partial charge in [0.2, 0.25) is 0 Å². The highest BCUT2D eigenvalue weighted by Crippen LogP contribution is 2.51. The van der Waals surface area contributed by atoms with E-state index in [-0.39, 0.29) is 5.41 Å². The smallest absolute Gasteiger partial charge is 0.0656 e. The molecule has 0 spiro atoms. The third-order valence-corrected chi connectivity index (χ3v) is 13.8. The summed E-state index contributed by atoms with van der Waals surface area (Å²) < 4.78 is 0. The average Bonchev–Trinajstić information content (AvgIpc) is 3.55. The summed E-state index contributed by atoms with van der Waals surface area (Å²) in [4.78, 5) is 9.16. The van der Waals surface area contributed by atoms with Gasteiger partial charge in [-0.3, -0.25) is 0 Å². The summed E-state index contributed by atoms with van der Waals surface area (Å²) in [5.74, 6) is 0. The van der Waals surface area contributed by atoms with Crippen LogP contribution >= 0.6 is 0 Å². The van der Waals surface area contributed by atoms with Gasteiger partial charge in [0.25, 0.3) is 0 Å². The molecule has 2 heterocycles. The number of rotatable bonds is 6. The zero-order chi connectivity index (χ0) is 43.0. The number of nitrogens with zero attached hydrogens (tertiary/aromatic N) is 4. The molecule has 8 aromatic rings. The zero-order valence-electron chi connectivity index (χ0n) is 36.8. The lowest BCUT2D eigenvalue weighted by Gasteiger charge is -2.36. The Kier molecular flexibility index (Phi) is 9.02. The van der Waals surface area contributed by atoms with Gasteiger partial charge in [-0.2, -0.15) is 0 Å². The highest BCUT2D eigenvalue weighted by molar-refractivity contribution is 5.96. The van der Waals surface area contributed by atoms with Crippen LogP contribution in [0.15, 0.2) is 170 Å². The van der Waals surface area contributed by atoms with Crippen molar-refractivity contribution in [3.8, 4) is 33.4 Å². The fourth-order valence-corrected chi connectivity index (χ4v) is 10.0. The van der Waals surface area contributed by atoms with Gasteiger partial charge in [0, 0.05) is 33.6 Å². The molecule has 0 atom stereocenters. The molecule has 306 valence electrons. The first-order valence-corrected chi connectivity index (χ1v) is 21.9. The summed E-state index contributed by atoms with van der Waals surface area (Å²) in [6, 6.07) is 62.4. The Morgan fingerprint density at radius 1 is 0.302 bits per heavy atom. The van der Waals surface area contributed by atoms with Crippen LogP contribution < -0.4 is 19.6 Å². The molecule has 4 heteroatoms. The van der Waals surface area contributed by atoms with Crippen LogP contribution in [-0.2, 0) is 5.41 Å². The van der Waals surface area contributed by atoms with Gasteiger partial charge in [0.1, 0.15) is 0 Å². The molecular formula is C59H50N4. The average molecular weight is 815 g/mol. The Labute approximate surface area is 371 Å². The first-order valence-electron chi connectivity index (χ1n) is 21.9. The van der Waals surface area contributed by atoms with Gasteiger partial charge in [-0.05, 0) is 115 Å². The molecule has 0 N–H and O–H groups in total. The van der Waals surface area contributed by atoms with Gasteiger partial charge in [-0.25, -0.2) is 0 Å². The second-order valence-electron chi connectivity index (χ2n) is 17.8. The van der Waals surface area contributed by atoms with Crippen molar-refractivity contribution in [3.63, 3.8) is 0 Å². The molecule has 2 aliphatic heterocycles. The first-order chi connectivity index (χ1) is 30.6. The summed E-state index contributed by atoms with van der Waals surface area (Å²) in [7, 11) is 8.62. The standard InChI is InChI=1S/C59H50N4/c1-59(2)49-35-41(17-15-39-19-25-43(26-20-39)45-29-33-55-57(37-45)62(5)53-13-9-7-11-51(53)60(55)3)23-31-47(49)48-32-24-42(36-50(48)59)18-16-40-21-27-44(28-22-40)46-30-34-56-58(38-46)63(6)54-14-10-8-12-52(54)61(56)4/h7-38H,1-6H3/b17-15+,18-16+. The van der Waals surface area contributed by atoms with Gasteiger partial charge in [0.15, 0.2) is 0 Å². The fourth-order valence-electron chi connectivity index (χ4n) is 10.0. The van der Waals surface area contributed by atoms with Crippen LogP contribution in [0.25, 0.3) is 57.7 Å². The maximum Gasteiger partial charge on any atom is 0.0656 e. The van der Waals surface area contributed by atoms with E-state index in [1.165, 1.54) is 112 Å². The Morgan fingerprint density at radius 3 is 0.984 bits per heavy atom. The van der Waals surface area contributed by atoms with Crippen molar-refractivity contribution in [1.82, 2.24) is 0 Å². The van der Waals surface area contributed by atoms with E-state index in [1.807, 2.05) is 0 Å². The third-order valence-electron chi connectivity index (χ3n) is 13.8. The predicted octanol–water partition coefficient (Wildman–Crippen LogP) is 15.4. The van der Waals surface area contributed by atoms with Crippen LogP contribution in [0.5, 0.6) is 0 Å². The van der Waals surface area contributed by atoms with Crippen LogP contribution in [0.2, 0.25) is 0 Å².